The molecule has 0 spiro atoms. The highest BCUT2D eigenvalue weighted by Crippen LogP contribution is 2.22. The molecule has 1 aliphatic rings. The van der Waals surface area contributed by atoms with E-state index in [1.807, 2.05) is 61.5 Å². The van der Waals surface area contributed by atoms with Gasteiger partial charge in [-0.2, -0.15) is 4.31 Å². The van der Waals surface area contributed by atoms with Crippen molar-refractivity contribution in [2.24, 2.45) is 0 Å². The number of carbonyl (C=O) groups excluding carboxylic acids is 1. The predicted molar refractivity (Wildman–Crippen MR) is 140 cm³/mol. The topological polar surface area (TPSA) is 60.9 Å². The highest BCUT2D eigenvalue weighted by atomic mass is 35.5. The van der Waals surface area contributed by atoms with Crippen molar-refractivity contribution in [3.63, 3.8) is 0 Å². The van der Waals surface area contributed by atoms with E-state index < -0.39 is 10.0 Å². The van der Waals surface area contributed by atoms with Gasteiger partial charge in [-0.1, -0.05) is 65.7 Å². The average molecular weight is 512 g/mol. The SMILES string of the molecule is Cc1ccc(S(=O)(=O)N(CCc2ccccc2)CC(=O)N2CCN(c3cccc(Cl)c3)CC2)cc1. The Morgan fingerprint density at radius 2 is 1.60 bits per heavy atom. The van der Waals surface area contributed by atoms with Crippen molar-refractivity contribution in [1.82, 2.24) is 9.21 Å². The Morgan fingerprint density at radius 3 is 2.26 bits per heavy atom. The van der Waals surface area contributed by atoms with Crippen LogP contribution in [-0.4, -0.2) is 62.8 Å². The lowest BCUT2D eigenvalue weighted by molar-refractivity contribution is -0.131. The van der Waals surface area contributed by atoms with Gasteiger partial charge in [-0.05, 0) is 49.2 Å². The van der Waals surface area contributed by atoms with Crippen molar-refractivity contribution < 1.29 is 13.2 Å². The number of anilines is 1. The monoisotopic (exact) mass is 511 g/mol. The number of carbonyl (C=O) groups is 1. The fourth-order valence-corrected chi connectivity index (χ4v) is 5.75. The molecular formula is C27H30ClN3O3S. The predicted octanol–water partition coefficient (Wildman–Crippen LogP) is 4.23. The lowest BCUT2D eigenvalue weighted by Gasteiger charge is -2.37. The second kappa shape index (κ2) is 11.2. The Kier molecular flexibility index (Phi) is 8.11. The van der Waals surface area contributed by atoms with Gasteiger partial charge in [0.2, 0.25) is 15.9 Å². The van der Waals surface area contributed by atoms with Crippen molar-refractivity contribution in [3.8, 4) is 0 Å². The minimum absolute atomic E-state index is 0.180. The number of benzene rings is 3. The van der Waals surface area contributed by atoms with Gasteiger partial charge in [0, 0.05) is 43.4 Å². The summed E-state index contributed by atoms with van der Waals surface area (Å²) >= 11 is 6.12. The molecular weight excluding hydrogens is 482 g/mol. The number of piperazine rings is 1. The summed E-state index contributed by atoms with van der Waals surface area (Å²) in [7, 11) is -3.82. The average Bonchev–Trinajstić information content (AvgIpc) is 2.87. The summed E-state index contributed by atoms with van der Waals surface area (Å²) in [4.78, 5) is 17.4. The molecule has 0 radical (unpaired) electrons. The number of sulfonamides is 1. The molecule has 1 saturated heterocycles. The van der Waals surface area contributed by atoms with Crippen LogP contribution in [0.25, 0.3) is 0 Å². The molecule has 184 valence electrons. The Labute approximate surface area is 212 Å². The van der Waals surface area contributed by atoms with Crippen LogP contribution in [0.15, 0.2) is 83.8 Å². The molecule has 35 heavy (non-hydrogen) atoms. The highest BCUT2D eigenvalue weighted by molar-refractivity contribution is 7.89. The molecule has 1 aliphatic heterocycles. The smallest absolute Gasteiger partial charge is 0.243 e. The van der Waals surface area contributed by atoms with Crippen LogP contribution in [0.2, 0.25) is 5.02 Å². The van der Waals surface area contributed by atoms with Gasteiger partial charge < -0.3 is 9.80 Å². The fourth-order valence-electron chi connectivity index (χ4n) is 4.18. The van der Waals surface area contributed by atoms with E-state index in [1.54, 1.807) is 29.2 Å². The van der Waals surface area contributed by atoms with Crippen LogP contribution in [0.4, 0.5) is 5.69 Å². The zero-order valence-corrected chi connectivity index (χ0v) is 21.4. The Balaban J connectivity index is 1.46. The lowest BCUT2D eigenvalue weighted by atomic mass is 10.1. The van der Waals surface area contributed by atoms with Gasteiger partial charge in [0.05, 0.1) is 11.4 Å². The number of rotatable bonds is 8. The van der Waals surface area contributed by atoms with Gasteiger partial charge in [-0.25, -0.2) is 8.42 Å². The molecule has 0 N–H and O–H groups in total. The first kappa shape index (κ1) is 25.2. The van der Waals surface area contributed by atoms with Crippen molar-refractivity contribution in [3.05, 3.63) is 95.0 Å². The summed E-state index contributed by atoms with van der Waals surface area (Å²) < 4.78 is 28.3. The molecule has 6 nitrogen and oxygen atoms in total. The quantitative estimate of drug-likeness (QED) is 0.454. The first-order valence-corrected chi connectivity index (χ1v) is 13.5. The van der Waals surface area contributed by atoms with Crippen LogP contribution in [0.3, 0.4) is 0 Å². The van der Waals surface area contributed by atoms with Crippen molar-refractivity contribution in [2.45, 2.75) is 18.2 Å². The minimum atomic E-state index is -3.82. The normalized spacial score (nSPS) is 14.4. The molecule has 0 saturated carbocycles. The third-order valence-electron chi connectivity index (χ3n) is 6.27. The van der Waals surface area contributed by atoms with E-state index in [2.05, 4.69) is 4.90 Å². The molecule has 0 atom stereocenters. The maximum Gasteiger partial charge on any atom is 0.243 e. The van der Waals surface area contributed by atoms with Crippen molar-refractivity contribution >= 4 is 33.2 Å². The van der Waals surface area contributed by atoms with E-state index in [1.165, 1.54) is 4.31 Å². The number of amides is 1. The molecule has 3 aromatic carbocycles. The second-order valence-corrected chi connectivity index (χ2v) is 11.1. The van der Waals surface area contributed by atoms with Crippen LogP contribution in [-0.2, 0) is 21.2 Å². The lowest BCUT2D eigenvalue weighted by Crippen LogP contribution is -2.52. The molecule has 3 aromatic rings. The molecule has 1 amide bonds. The number of hydrogen-bond donors (Lipinski definition) is 0. The van der Waals surface area contributed by atoms with Crippen LogP contribution in [0.1, 0.15) is 11.1 Å². The molecule has 8 heteroatoms. The van der Waals surface area contributed by atoms with Crippen molar-refractivity contribution in [2.75, 3.05) is 44.2 Å². The van der Waals surface area contributed by atoms with Crippen LogP contribution < -0.4 is 4.90 Å². The number of aryl methyl sites for hydroxylation is 1. The van der Waals surface area contributed by atoms with E-state index in [-0.39, 0.29) is 23.9 Å². The summed E-state index contributed by atoms with van der Waals surface area (Å²) in [6.07, 6.45) is 0.530. The van der Waals surface area contributed by atoms with Gasteiger partial charge in [0.1, 0.15) is 0 Å². The minimum Gasteiger partial charge on any atom is -0.368 e. The van der Waals surface area contributed by atoms with E-state index in [4.69, 9.17) is 11.6 Å². The highest BCUT2D eigenvalue weighted by Gasteiger charge is 2.29. The van der Waals surface area contributed by atoms with E-state index in [9.17, 15) is 13.2 Å². The van der Waals surface area contributed by atoms with Crippen LogP contribution in [0.5, 0.6) is 0 Å². The molecule has 0 bridgehead atoms. The summed E-state index contributed by atoms with van der Waals surface area (Å²) in [5, 5.41) is 0.677. The molecule has 1 heterocycles. The third-order valence-corrected chi connectivity index (χ3v) is 8.36. The van der Waals surface area contributed by atoms with Gasteiger partial charge in [0.25, 0.3) is 0 Å². The zero-order valence-electron chi connectivity index (χ0n) is 19.8. The number of hydrogen-bond acceptors (Lipinski definition) is 4. The van der Waals surface area contributed by atoms with Crippen molar-refractivity contribution in [1.29, 1.82) is 0 Å². The molecule has 0 aliphatic carbocycles. The van der Waals surface area contributed by atoms with E-state index in [0.717, 1.165) is 16.8 Å². The Hall–Kier alpha value is -2.87. The van der Waals surface area contributed by atoms with Crippen LogP contribution >= 0.6 is 11.6 Å². The summed E-state index contributed by atoms with van der Waals surface area (Å²) in [6, 6.07) is 24.1. The summed E-state index contributed by atoms with van der Waals surface area (Å²) in [5.74, 6) is -0.181. The molecule has 1 fully saturated rings. The largest absolute Gasteiger partial charge is 0.368 e. The number of nitrogens with zero attached hydrogens (tertiary/aromatic N) is 3. The second-order valence-electron chi connectivity index (χ2n) is 8.73. The third kappa shape index (κ3) is 6.42. The van der Waals surface area contributed by atoms with E-state index >= 15 is 0 Å². The maximum atomic E-state index is 13.5. The number of halogens is 1. The first-order valence-electron chi connectivity index (χ1n) is 11.7. The first-order chi connectivity index (χ1) is 16.8. The fraction of sp³-hybridized carbons (Fsp3) is 0.296. The standard InChI is InChI=1S/C27H30ClN3O3S/c1-22-10-12-26(13-11-22)35(33,34)31(15-14-23-6-3-2-4-7-23)21-27(32)30-18-16-29(17-19-30)25-9-5-8-24(28)20-25/h2-13,20H,14-19,21H2,1H3. The summed E-state index contributed by atoms with van der Waals surface area (Å²) in [6.45, 7) is 4.36. The maximum absolute atomic E-state index is 13.5. The zero-order chi connectivity index (χ0) is 24.8. The Morgan fingerprint density at radius 1 is 0.914 bits per heavy atom. The van der Waals surface area contributed by atoms with Crippen LogP contribution in [0, 0.1) is 6.92 Å². The van der Waals surface area contributed by atoms with Gasteiger partial charge in [0.15, 0.2) is 0 Å². The van der Waals surface area contributed by atoms with Gasteiger partial charge >= 0.3 is 0 Å². The molecule has 0 unspecified atom stereocenters. The Bertz CT molecular complexity index is 1240. The van der Waals surface area contributed by atoms with E-state index in [0.29, 0.717) is 37.6 Å². The molecule has 0 aromatic heterocycles. The molecule has 4 rings (SSSR count). The van der Waals surface area contributed by atoms with Gasteiger partial charge in [-0.3, -0.25) is 4.79 Å². The van der Waals surface area contributed by atoms with Gasteiger partial charge in [-0.15, -0.1) is 0 Å². The summed E-state index contributed by atoms with van der Waals surface area (Å²) in [5.41, 5.74) is 3.03.